The lowest BCUT2D eigenvalue weighted by Gasteiger charge is -2.40. The summed E-state index contributed by atoms with van der Waals surface area (Å²) in [5.41, 5.74) is 0. The van der Waals surface area contributed by atoms with Gasteiger partial charge in [0.15, 0.2) is 8.32 Å². The number of ether oxygens (including phenoxy) is 1. The minimum atomic E-state index is -2.28. The van der Waals surface area contributed by atoms with Crippen molar-refractivity contribution in [2.45, 2.75) is 70.6 Å². The predicted molar refractivity (Wildman–Crippen MR) is 112 cm³/mol. The molecule has 9 heteroatoms. The van der Waals surface area contributed by atoms with Crippen LogP contribution in [0.4, 0.5) is 0 Å². The smallest absolute Gasteiger partial charge is 0.326 e. The summed E-state index contributed by atoms with van der Waals surface area (Å²) in [6, 6.07) is 1.97. The Morgan fingerprint density at radius 3 is 2.12 bits per heavy atom. The maximum absolute atomic E-state index is 6.76. The molecular weight excluding hydrogens is 380 g/mol. The van der Waals surface area contributed by atoms with Gasteiger partial charge in [-0.25, -0.2) is 4.57 Å². The highest BCUT2D eigenvalue weighted by Crippen LogP contribution is 2.28. The zero-order valence-corrected chi connectivity index (χ0v) is 20.8. The lowest BCUT2D eigenvalue weighted by molar-refractivity contribution is -0.695. The summed E-state index contributed by atoms with van der Waals surface area (Å²) in [4.78, 5) is 3.08. The molecule has 0 aliphatic rings. The second kappa shape index (κ2) is 10.9. The van der Waals surface area contributed by atoms with Crippen molar-refractivity contribution >= 4 is 25.4 Å². The molecule has 0 fully saturated rings. The topological polar surface area (TPSA) is 56.6 Å². The average Bonchev–Trinajstić information content (AvgIpc) is 3.03. The number of aromatic nitrogens is 2. The van der Waals surface area contributed by atoms with Crippen molar-refractivity contribution in [2.24, 2.45) is 0 Å². The summed E-state index contributed by atoms with van der Waals surface area (Å²) in [7, 11) is -2.67. The lowest BCUT2D eigenvalue weighted by atomic mass is 10.4. The third kappa shape index (κ3) is 9.58. The summed E-state index contributed by atoms with van der Waals surface area (Å²) >= 11 is 0. The monoisotopic (exact) mass is 419 g/mol. The summed E-state index contributed by atoms with van der Waals surface area (Å²) in [6.07, 6.45) is 9.14. The molecule has 0 aromatic carbocycles. The number of unbranched alkanes of at least 4 members (excludes halogenated alkanes) is 1. The molecule has 1 aromatic heterocycles. The van der Waals surface area contributed by atoms with Crippen LogP contribution in [0.3, 0.4) is 0 Å². The minimum absolute atomic E-state index is 0.796. The molecule has 1 aromatic rings. The molecule has 0 spiro atoms. The highest BCUT2D eigenvalue weighted by atomic mass is 28.5. The highest BCUT2D eigenvalue weighted by Gasteiger charge is 2.44. The average molecular weight is 420 g/mol. The van der Waals surface area contributed by atoms with E-state index in [2.05, 4.69) is 48.5 Å². The Labute approximate surface area is 162 Å². The molecule has 0 amide bonds. The van der Waals surface area contributed by atoms with Gasteiger partial charge in [0.05, 0.1) is 6.54 Å². The number of nitrogens with one attached hydrogen (secondary N) is 1. The van der Waals surface area contributed by atoms with Crippen LogP contribution in [-0.2, 0) is 23.9 Å². The molecule has 1 heterocycles. The highest BCUT2D eigenvalue weighted by molar-refractivity contribution is 6.86. The van der Waals surface area contributed by atoms with Gasteiger partial charge >= 0.3 is 17.1 Å². The quantitative estimate of drug-likeness (QED) is 0.283. The Morgan fingerprint density at radius 1 is 0.885 bits per heavy atom. The summed E-state index contributed by atoms with van der Waals surface area (Å²) in [5, 5.41) is 0. The maximum Gasteiger partial charge on any atom is 0.326 e. The van der Waals surface area contributed by atoms with E-state index in [0.29, 0.717) is 0 Å². The van der Waals surface area contributed by atoms with Crippen LogP contribution in [0.2, 0.25) is 44.8 Å². The van der Waals surface area contributed by atoms with Crippen LogP contribution >= 0.6 is 0 Å². The van der Waals surface area contributed by atoms with E-state index in [4.69, 9.17) is 17.4 Å². The molecule has 152 valence electrons. The number of aromatic amines is 1. The molecule has 2 unspecified atom stereocenters. The molecule has 0 bridgehead atoms. The number of aryl methyl sites for hydroxylation is 1. The second-order valence-electron chi connectivity index (χ2n) is 8.19. The zero-order valence-electron chi connectivity index (χ0n) is 17.8. The van der Waals surface area contributed by atoms with E-state index in [0.717, 1.165) is 44.5 Å². The van der Waals surface area contributed by atoms with E-state index in [1.54, 1.807) is 14.2 Å². The largest absolute Gasteiger partial charge is 0.437 e. The molecule has 0 radical (unpaired) electrons. The number of methoxy groups -OCH3 is 1. The van der Waals surface area contributed by atoms with Gasteiger partial charge in [-0.2, -0.15) is 0 Å². The Balaban J connectivity index is 2.69. The van der Waals surface area contributed by atoms with Crippen molar-refractivity contribution in [1.29, 1.82) is 0 Å². The maximum atomic E-state index is 6.76. The molecule has 0 aliphatic heterocycles. The van der Waals surface area contributed by atoms with Crippen molar-refractivity contribution < 1.29 is 22.0 Å². The van der Waals surface area contributed by atoms with Crippen LogP contribution in [0.1, 0.15) is 19.3 Å². The van der Waals surface area contributed by atoms with Crippen LogP contribution in [-0.4, -0.2) is 51.2 Å². The predicted octanol–water partition coefficient (Wildman–Crippen LogP) is 3.78. The van der Waals surface area contributed by atoms with Gasteiger partial charge in [-0.3, -0.25) is 4.98 Å². The van der Waals surface area contributed by atoms with E-state index in [1.807, 2.05) is 12.5 Å². The van der Waals surface area contributed by atoms with Crippen LogP contribution in [0.5, 0.6) is 0 Å². The molecular formula is C17H39N2O4Si3+. The van der Waals surface area contributed by atoms with Gasteiger partial charge in [-0.15, -0.1) is 0 Å². The summed E-state index contributed by atoms with van der Waals surface area (Å²) < 4.78 is 26.7. The molecule has 0 aliphatic carbocycles. The SMILES string of the molecule is COCCCC[Si](C)(O[Si](C)(C)C)O[Si](C)(CCC[n+]1cc[nH]c1)OC. The Morgan fingerprint density at radius 2 is 1.58 bits per heavy atom. The van der Waals surface area contributed by atoms with Gasteiger partial charge in [0.2, 0.25) is 6.33 Å². The van der Waals surface area contributed by atoms with E-state index < -0.39 is 25.4 Å². The fourth-order valence-corrected chi connectivity index (χ4v) is 16.0. The standard InChI is InChI=1S/C17H38N2O4Si3/c1-20-14-8-9-15-26(7,22-24(3,4)5)23-25(6,21-2)16-10-12-19-13-11-18-17-19/h11,13,17H,8-10,12,14-16H2,1-7H3/p+1. The van der Waals surface area contributed by atoms with Crippen molar-refractivity contribution in [3.8, 4) is 0 Å². The number of hydrogen-bond donors (Lipinski definition) is 1. The van der Waals surface area contributed by atoms with Crippen molar-refractivity contribution in [1.82, 2.24) is 4.98 Å². The molecule has 1 rings (SSSR count). The van der Waals surface area contributed by atoms with E-state index in [1.165, 1.54) is 0 Å². The van der Waals surface area contributed by atoms with E-state index in [-0.39, 0.29) is 0 Å². The lowest BCUT2D eigenvalue weighted by Crippen LogP contribution is -2.55. The third-order valence-electron chi connectivity index (χ3n) is 4.26. The molecule has 1 N–H and O–H groups in total. The minimum Gasteiger partial charge on any atom is -0.437 e. The fraction of sp³-hybridized carbons (Fsp3) is 0.824. The first-order valence-corrected chi connectivity index (χ1v) is 18.0. The Bertz CT molecular complexity index is 499. The normalized spacial score (nSPS) is 17.0. The van der Waals surface area contributed by atoms with Gasteiger partial charge in [0.1, 0.15) is 12.4 Å². The van der Waals surface area contributed by atoms with Crippen LogP contribution in [0.15, 0.2) is 18.7 Å². The third-order valence-corrected chi connectivity index (χ3v) is 15.3. The molecule has 0 saturated carbocycles. The molecule has 2 atom stereocenters. The second-order valence-corrected chi connectivity index (χ2v) is 20.0. The van der Waals surface area contributed by atoms with E-state index >= 15 is 0 Å². The fourth-order valence-electron chi connectivity index (χ4n) is 3.16. The number of rotatable bonds is 14. The van der Waals surface area contributed by atoms with Crippen LogP contribution < -0.4 is 4.57 Å². The van der Waals surface area contributed by atoms with E-state index in [9.17, 15) is 0 Å². The van der Waals surface area contributed by atoms with Crippen molar-refractivity contribution in [3.63, 3.8) is 0 Å². The summed E-state index contributed by atoms with van der Waals surface area (Å²) in [6.45, 7) is 12.9. The number of H-pyrrole nitrogens is 1. The van der Waals surface area contributed by atoms with Gasteiger partial charge in [0, 0.05) is 20.8 Å². The first-order valence-electron chi connectivity index (χ1n) is 9.58. The Hall–Kier alpha value is -0.299. The first-order chi connectivity index (χ1) is 12.1. The first kappa shape index (κ1) is 23.7. The van der Waals surface area contributed by atoms with Gasteiger partial charge in [-0.1, -0.05) is 0 Å². The molecule has 0 saturated heterocycles. The summed E-state index contributed by atoms with van der Waals surface area (Å²) in [5.74, 6) is 0. The van der Waals surface area contributed by atoms with Gasteiger partial charge < -0.3 is 17.4 Å². The number of imidazole rings is 1. The molecule has 26 heavy (non-hydrogen) atoms. The number of hydrogen-bond acceptors (Lipinski definition) is 4. The Kier molecular flexibility index (Phi) is 9.94. The van der Waals surface area contributed by atoms with Gasteiger partial charge in [-0.05, 0) is 64.1 Å². The van der Waals surface area contributed by atoms with Crippen molar-refractivity contribution in [2.75, 3.05) is 20.8 Å². The molecule has 6 nitrogen and oxygen atoms in total. The van der Waals surface area contributed by atoms with Crippen LogP contribution in [0.25, 0.3) is 0 Å². The zero-order chi connectivity index (χ0) is 19.7. The van der Waals surface area contributed by atoms with Gasteiger partial charge in [0.25, 0.3) is 0 Å². The van der Waals surface area contributed by atoms with Crippen LogP contribution in [0, 0.1) is 0 Å². The van der Waals surface area contributed by atoms with Crippen molar-refractivity contribution in [3.05, 3.63) is 18.7 Å². The number of nitrogens with zero attached hydrogens (tertiary/aromatic N) is 1.